The largest absolute Gasteiger partial charge is 0.325 e. The number of hydrogen-bond acceptors (Lipinski definition) is 4. The van der Waals surface area contributed by atoms with Crippen LogP contribution < -0.4 is 5.32 Å². The number of aromatic nitrogens is 4. The minimum Gasteiger partial charge on any atom is -0.325 e. The van der Waals surface area contributed by atoms with E-state index in [9.17, 15) is 4.79 Å². The predicted molar refractivity (Wildman–Crippen MR) is 97.9 cm³/mol. The van der Waals surface area contributed by atoms with Crippen molar-refractivity contribution in [1.82, 2.24) is 20.2 Å². The summed E-state index contributed by atoms with van der Waals surface area (Å²) in [7, 11) is 1.79. The van der Waals surface area contributed by atoms with E-state index in [2.05, 4.69) is 36.8 Å². The van der Waals surface area contributed by atoms with E-state index in [4.69, 9.17) is 0 Å². The van der Waals surface area contributed by atoms with Crippen LogP contribution in [0.2, 0.25) is 0 Å². The van der Waals surface area contributed by atoms with Crippen LogP contribution in [0.3, 0.4) is 0 Å². The van der Waals surface area contributed by atoms with Gasteiger partial charge in [0.15, 0.2) is 5.82 Å². The van der Waals surface area contributed by atoms with Gasteiger partial charge in [-0.05, 0) is 53.1 Å². The van der Waals surface area contributed by atoms with Crippen molar-refractivity contribution >= 4 is 27.5 Å². The van der Waals surface area contributed by atoms with Gasteiger partial charge in [-0.2, -0.15) is 0 Å². The molecule has 1 aliphatic rings. The number of carbonyl (C=O) groups is 1. The molecule has 0 aliphatic heterocycles. The molecule has 2 aromatic carbocycles. The van der Waals surface area contributed by atoms with Gasteiger partial charge in [0.05, 0.1) is 5.41 Å². The van der Waals surface area contributed by atoms with Gasteiger partial charge in [-0.25, -0.2) is 4.68 Å². The van der Waals surface area contributed by atoms with E-state index in [1.807, 2.05) is 48.5 Å². The fourth-order valence-electron chi connectivity index (χ4n) is 3.00. The van der Waals surface area contributed by atoms with E-state index in [0.717, 1.165) is 34.1 Å². The van der Waals surface area contributed by atoms with Crippen molar-refractivity contribution in [2.45, 2.75) is 18.3 Å². The molecule has 126 valence electrons. The first kappa shape index (κ1) is 16.0. The van der Waals surface area contributed by atoms with Crippen LogP contribution in [-0.2, 0) is 17.3 Å². The Labute approximate surface area is 153 Å². The number of nitrogens with zero attached hydrogens (tertiary/aromatic N) is 4. The topological polar surface area (TPSA) is 72.7 Å². The predicted octanol–water partition coefficient (Wildman–Crippen LogP) is 3.31. The summed E-state index contributed by atoms with van der Waals surface area (Å²) < 4.78 is 2.61. The van der Waals surface area contributed by atoms with Crippen LogP contribution in [0.15, 0.2) is 53.0 Å². The van der Waals surface area contributed by atoms with Crippen molar-refractivity contribution in [2.24, 2.45) is 7.05 Å². The number of nitrogens with one attached hydrogen (secondary N) is 1. The molecule has 1 N–H and O–H groups in total. The summed E-state index contributed by atoms with van der Waals surface area (Å²) in [6.07, 6.45) is 1.74. The summed E-state index contributed by atoms with van der Waals surface area (Å²) in [5.41, 5.74) is 2.25. The Hall–Kier alpha value is -2.54. The lowest BCUT2D eigenvalue weighted by atomic mass is 9.95. The van der Waals surface area contributed by atoms with Crippen molar-refractivity contribution in [2.75, 3.05) is 5.32 Å². The molecule has 1 aliphatic carbocycles. The van der Waals surface area contributed by atoms with E-state index >= 15 is 0 Å². The van der Waals surface area contributed by atoms with Crippen LogP contribution in [0, 0.1) is 0 Å². The van der Waals surface area contributed by atoms with E-state index in [1.165, 1.54) is 0 Å². The molecule has 6 nitrogen and oxygen atoms in total. The lowest BCUT2D eigenvalue weighted by Gasteiger charge is -2.16. The van der Waals surface area contributed by atoms with Crippen LogP contribution in [-0.4, -0.2) is 26.1 Å². The number of hydrogen-bond donors (Lipinski definition) is 1. The van der Waals surface area contributed by atoms with Crippen molar-refractivity contribution in [1.29, 1.82) is 0 Å². The third-order valence-electron chi connectivity index (χ3n) is 4.58. The van der Waals surface area contributed by atoms with Gasteiger partial charge in [0.2, 0.25) is 5.91 Å². The first-order valence-corrected chi connectivity index (χ1v) is 8.78. The van der Waals surface area contributed by atoms with Gasteiger partial charge >= 0.3 is 0 Å². The lowest BCUT2D eigenvalue weighted by Crippen LogP contribution is -2.27. The van der Waals surface area contributed by atoms with Crippen LogP contribution in [0.1, 0.15) is 18.4 Å². The fourth-order valence-corrected chi connectivity index (χ4v) is 3.27. The lowest BCUT2D eigenvalue weighted by molar-refractivity contribution is -0.118. The average molecular weight is 398 g/mol. The van der Waals surface area contributed by atoms with Crippen molar-refractivity contribution in [3.8, 4) is 11.4 Å². The van der Waals surface area contributed by atoms with Gasteiger partial charge in [0.1, 0.15) is 0 Å². The zero-order chi connectivity index (χ0) is 17.4. The molecule has 0 atom stereocenters. The van der Waals surface area contributed by atoms with E-state index in [1.54, 1.807) is 11.7 Å². The first-order chi connectivity index (χ1) is 12.1. The van der Waals surface area contributed by atoms with Crippen LogP contribution in [0.5, 0.6) is 0 Å². The number of rotatable bonds is 4. The quantitative estimate of drug-likeness (QED) is 0.732. The standard InChI is InChI=1S/C18H16BrN5O/c1-24-16(21-22-23-24)12-3-2-4-15(11-12)20-17(25)18(9-10-18)13-5-7-14(19)8-6-13/h2-8,11H,9-10H2,1H3,(H,20,25). The number of carbonyl (C=O) groups excluding carboxylic acids is 1. The molecule has 0 bridgehead atoms. The summed E-state index contributed by atoms with van der Waals surface area (Å²) in [6.45, 7) is 0. The molecular formula is C18H16BrN5O. The molecule has 3 aromatic rings. The minimum absolute atomic E-state index is 0.0306. The van der Waals surface area contributed by atoms with Gasteiger partial charge in [-0.1, -0.05) is 40.2 Å². The normalized spacial score (nSPS) is 15.0. The second kappa shape index (κ2) is 6.07. The maximum absolute atomic E-state index is 12.9. The molecule has 0 saturated heterocycles. The second-order valence-corrected chi connectivity index (χ2v) is 7.17. The highest BCUT2D eigenvalue weighted by Crippen LogP contribution is 2.49. The number of aryl methyl sites for hydroxylation is 1. The van der Waals surface area contributed by atoms with Crippen LogP contribution in [0.4, 0.5) is 5.69 Å². The maximum Gasteiger partial charge on any atom is 0.235 e. The minimum atomic E-state index is -0.414. The molecule has 4 rings (SSSR count). The number of benzene rings is 2. The maximum atomic E-state index is 12.9. The molecule has 1 aromatic heterocycles. The second-order valence-electron chi connectivity index (χ2n) is 6.25. The van der Waals surface area contributed by atoms with E-state index in [-0.39, 0.29) is 5.91 Å². The molecule has 1 fully saturated rings. The first-order valence-electron chi connectivity index (χ1n) is 7.99. The monoisotopic (exact) mass is 397 g/mol. The van der Waals surface area contributed by atoms with Crippen LogP contribution >= 0.6 is 15.9 Å². The zero-order valence-corrected chi connectivity index (χ0v) is 15.2. The van der Waals surface area contributed by atoms with E-state index in [0.29, 0.717) is 5.82 Å². The molecule has 1 amide bonds. The molecule has 0 spiro atoms. The smallest absolute Gasteiger partial charge is 0.235 e. The Morgan fingerprint density at radius 2 is 1.96 bits per heavy atom. The van der Waals surface area contributed by atoms with Crippen LogP contribution in [0.25, 0.3) is 11.4 Å². The number of anilines is 1. The van der Waals surface area contributed by atoms with Gasteiger partial charge in [-0.3, -0.25) is 4.79 Å². The number of amides is 1. The summed E-state index contributed by atoms with van der Waals surface area (Å²) in [5, 5.41) is 14.6. The molecule has 1 saturated carbocycles. The Bertz CT molecular complexity index is 931. The Morgan fingerprint density at radius 1 is 1.20 bits per heavy atom. The van der Waals surface area contributed by atoms with Gasteiger partial charge in [-0.15, -0.1) is 5.10 Å². The van der Waals surface area contributed by atoms with Gasteiger partial charge in [0, 0.05) is 22.8 Å². The number of halogens is 1. The Balaban J connectivity index is 1.57. The highest BCUT2D eigenvalue weighted by molar-refractivity contribution is 9.10. The summed E-state index contributed by atoms with van der Waals surface area (Å²) in [4.78, 5) is 12.9. The molecule has 1 heterocycles. The zero-order valence-electron chi connectivity index (χ0n) is 13.6. The van der Waals surface area contributed by atoms with E-state index < -0.39 is 5.41 Å². The van der Waals surface area contributed by atoms with Gasteiger partial charge < -0.3 is 5.32 Å². The fraction of sp³-hybridized carbons (Fsp3) is 0.222. The molecule has 7 heteroatoms. The summed E-state index contributed by atoms with van der Waals surface area (Å²) >= 11 is 3.44. The summed E-state index contributed by atoms with van der Waals surface area (Å²) in [5.74, 6) is 0.688. The summed E-state index contributed by atoms with van der Waals surface area (Å²) in [6, 6.07) is 15.6. The third kappa shape index (κ3) is 2.95. The Kier molecular flexibility index (Phi) is 3.88. The highest BCUT2D eigenvalue weighted by atomic mass is 79.9. The Morgan fingerprint density at radius 3 is 2.60 bits per heavy atom. The van der Waals surface area contributed by atoms with Crippen molar-refractivity contribution < 1.29 is 4.79 Å². The molecule has 0 unspecified atom stereocenters. The average Bonchev–Trinajstić information content (AvgIpc) is 3.31. The number of tetrazole rings is 1. The third-order valence-corrected chi connectivity index (χ3v) is 5.11. The van der Waals surface area contributed by atoms with Crippen molar-refractivity contribution in [3.63, 3.8) is 0 Å². The van der Waals surface area contributed by atoms with Crippen molar-refractivity contribution in [3.05, 3.63) is 58.6 Å². The molecule has 25 heavy (non-hydrogen) atoms. The highest BCUT2D eigenvalue weighted by Gasteiger charge is 2.51. The SMILES string of the molecule is Cn1nnnc1-c1cccc(NC(=O)C2(c3ccc(Br)cc3)CC2)c1. The molecular weight excluding hydrogens is 382 g/mol. The van der Waals surface area contributed by atoms with Gasteiger partial charge in [0.25, 0.3) is 0 Å². The molecule has 0 radical (unpaired) electrons.